The lowest BCUT2D eigenvalue weighted by Crippen LogP contribution is -2.34. The lowest BCUT2D eigenvalue weighted by Gasteiger charge is -2.26. The van der Waals surface area contributed by atoms with E-state index in [0.29, 0.717) is 36.4 Å². The average Bonchev–Trinajstić information content (AvgIpc) is 3.55. The molecule has 1 amide bonds. The van der Waals surface area contributed by atoms with Crippen LogP contribution in [0.1, 0.15) is 53.9 Å². The number of furan rings is 1. The van der Waals surface area contributed by atoms with Crippen LogP contribution in [0.2, 0.25) is 0 Å². The SMILES string of the molecule is O=C(c1ccc(Cn2cncn2)o1)N1CCCCCC1c1nnc(-c2ccccc2)o1. The standard InChI is InChI=1S/C22H22N6O3/c29-22(19-11-10-17(30-19)13-27-15-23-14-24-27)28-12-6-2-5-9-18(28)21-26-25-20(31-21)16-7-3-1-4-8-16/h1,3-4,7-8,10-11,14-15,18H,2,5-6,9,12-13H2. The van der Waals surface area contributed by atoms with Crippen molar-refractivity contribution in [1.29, 1.82) is 0 Å². The first-order valence-electron chi connectivity index (χ1n) is 10.4. The molecule has 9 nitrogen and oxygen atoms in total. The normalized spacial score (nSPS) is 16.9. The number of likely N-dealkylation sites (tertiary alicyclic amines) is 1. The van der Waals surface area contributed by atoms with E-state index in [1.165, 1.54) is 6.33 Å². The summed E-state index contributed by atoms with van der Waals surface area (Å²) in [5.41, 5.74) is 0.858. The van der Waals surface area contributed by atoms with Gasteiger partial charge in [-0.2, -0.15) is 5.10 Å². The van der Waals surface area contributed by atoms with Crippen LogP contribution in [0.15, 0.2) is 64.0 Å². The minimum Gasteiger partial charge on any atom is -0.454 e. The molecule has 1 fully saturated rings. The summed E-state index contributed by atoms with van der Waals surface area (Å²) in [5.74, 6) is 1.69. The summed E-state index contributed by atoms with van der Waals surface area (Å²) in [6, 6.07) is 12.9. The zero-order chi connectivity index (χ0) is 21.0. The number of hydrogen-bond donors (Lipinski definition) is 0. The van der Waals surface area contributed by atoms with Gasteiger partial charge < -0.3 is 13.7 Å². The Balaban J connectivity index is 1.38. The molecular weight excluding hydrogens is 396 g/mol. The first-order chi connectivity index (χ1) is 15.3. The van der Waals surface area contributed by atoms with E-state index in [9.17, 15) is 4.79 Å². The fraction of sp³-hybridized carbons (Fsp3) is 0.318. The van der Waals surface area contributed by atoms with Crippen molar-refractivity contribution in [1.82, 2.24) is 29.9 Å². The summed E-state index contributed by atoms with van der Waals surface area (Å²) in [4.78, 5) is 19.1. The molecule has 1 aliphatic rings. The Bertz CT molecular complexity index is 1140. The second kappa shape index (κ2) is 8.55. The highest BCUT2D eigenvalue weighted by atomic mass is 16.4. The van der Waals surface area contributed by atoms with Crippen LogP contribution >= 0.6 is 0 Å². The molecule has 3 aromatic heterocycles. The molecule has 158 valence electrons. The largest absolute Gasteiger partial charge is 0.454 e. The third-order valence-corrected chi connectivity index (χ3v) is 5.42. The predicted octanol–water partition coefficient (Wildman–Crippen LogP) is 3.73. The van der Waals surface area contributed by atoms with Gasteiger partial charge in [-0.05, 0) is 37.1 Å². The highest BCUT2D eigenvalue weighted by Crippen LogP contribution is 2.32. The van der Waals surface area contributed by atoms with E-state index < -0.39 is 0 Å². The molecule has 5 rings (SSSR count). The van der Waals surface area contributed by atoms with Crippen molar-refractivity contribution in [2.75, 3.05) is 6.54 Å². The average molecular weight is 418 g/mol. The van der Waals surface area contributed by atoms with Gasteiger partial charge in [0.1, 0.15) is 31.0 Å². The second-order valence-corrected chi connectivity index (χ2v) is 7.53. The summed E-state index contributed by atoms with van der Waals surface area (Å²) in [7, 11) is 0. The van der Waals surface area contributed by atoms with Crippen LogP contribution in [0.4, 0.5) is 0 Å². The Labute approximate surface area is 178 Å². The van der Waals surface area contributed by atoms with Crippen molar-refractivity contribution < 1.29 is 13.6 Å². The van der Waals surface area contributed by atoms with Crippen molar-refractivity contribution in [2.45, 2.75) is 38.3 Å². The molecule has 0 aliphatic carbocycles. The fourth-order valence-corrected chi connectivity index (χ4v) is 3.87. The quantitative estimate of drug-likeness (QED) is 0.486. The van der Waals surface area contributed by atoms with E-state index in [1.807, 2.05) is 30.3 Å². The lowest BCUT2D eigenvalue weighted by atomic mass is 10.1. The molecule has 1 saturated heterocycles. The third-order valence-electron chi connectivity index (χ3n) is 5.42. The Kier molecular flexibility index (Phi) is 5.30. The third kappa shape index (κ3) is 4.11. The topological polar surface area (TPSA) is 103 Å². The number of nitrogens with zero attached hydrogens (tertiary/aromatic N) is 6. The maximum absolute atomic E-state index is 13.3. The fourth-order valence-electron chi connectivity index (χ4n) is 3.87. The number of carbonyl (C=O) groups excluding carboxylic acids is 1. The molecule has 4 aromatic rings. The number of hydrogen-bond acceptors (Lipinski definition) is 7. The molecule has 0 bridgehead atoms. The summed E-state index contributed by atoms with van der Waals surface area (Å²) < 4.78 is 13.5. The van der Waals surface area contributed by atoms with Crippen LogP contribution < -0.4 is 0 Å². The first kappa shape index (κ1) is 19.2. The predicted molar refractivity (Wildman–Crippen MR) is 110 cm³/mol. The number of benzene rings is 1. The number of carbonyl (C=O) groups is 1. The lowest BCUT2D eigenvalue weighted by molar-refractivity contribution is 0.0618. The van der Waals surface area contributed by atoms with Crippen molar-refractivity contribution in [2.24, 2.45) is 0 Å². The molecule has 1 aromatic carbocycles. The van der Waals surface area contributed by atoms with Gasteiger partial charge in [-0.15, -0.1) is 10.2 Å². The molecular formula is C22H22N6O3. The van der Waals surface area contributed by atoms with Gasteiger partial charge >= 0.3 is 0 Å². The molecule has 31 heavy (non-hydrogen) atoms. The smallest absolute Gasteiger partial charge is 0.290 e. The highest BCUT2D eigenvalue weighted by Gasteiger charge is 2.33. The van der Waals surface area contributed by atoms with E-state index in [-0.39, 0.29) is 11.9 Å². The molecule has 9 heteroatoms. The molecule has 1 unspecified atom stereocenters. The van der Waals surface area contributed by atoms with E-state index in [4.69, 9.17) is 8.83 Å². The van der Waals surface area contributed by atoms with E-state index in [1.54, 1.807) is 28.0 Å². The molecule has 0 radical (unpaired) electrons. The summed E-state index contributed by atoms with van der Waals surface area (Å²) in [5, 5.41) is 12.6. The number of amides is 1. The van der Waals surface area contributed by atoms with Crippen LogP contribution in [0, 0.1) is 0 Å². The maximum Gasteiger partial charge on any atom is 0.290 e. The van der Waals surface area contributed by atoms with E-state index in [0.717, 1.165) is 31.2 Å². The van der Waals surface area contributed by atoms with Gasteiger partial charge in [0.2, 0.25) is 11.8 Å². The maximum atomic E-state index is 13.3. The molecule has 0 saturated carbocycles. The zero-order valence-electron chi connectivity index (χ0n) is 16.9. The highest BCUT2D eigenvalue weighted by molar-refractivity contribution is 5.91. The van der Waals surface area contributed by atoms with Crippen molar-refractivity contribution in [3.8, 4) is 11.5 Å². The van der Waals surface area contributed by atoms with E-state index in [2.05, 4.69) is 20.3 Å². The van der Waals surface area contributed by atoms with Crippen LogP contribution in [-0.4, -0.2) is 42.3 Å². The molecule has 4 heterocycles. The van der Waals surface area contributed by atoms with Gasteiger partial charge in [-0.1, -0.05) is 31.0 Å². The number of aromatic nitrogens is 5. The summed E-state index contributed by atoms with van der Waals surface area (Å²) in [6.45, 7) is 1.03. The van der Waals surface area contributed by atoms with Gasteiger partial charge in [0.05, 0.1) is 0 Å². The Morgan fingerprint density at radius 1 is 1.03 bits per heavy atom. The Morgan fingerprint density at radius 2 is 1.94 bits per heavy atom. The van der Waals surface area contributed by atoms with Gasteiger partial charge in [0.15, 0.2) is 5.76 Å². The van der Waals surface area contributed by atoms with Crippen LogP contribution in [0.5, 0.6) is 0 Å². The van der Waals surface area contributed by atoms with Gasteiger partial charge in [-0.3, -0.25) is 4.79 Å². The summed E-state index contributed by atoms with van der Waals surface area (Å²) >= 11 is 0. The first-order valence-corrected chi connectivity index (χ1v) is 10.4. The molecule has 0 N–H and O–H groups in total. The van der Waals surface area contributed by atoms with Gasteiger partial charge in [-0.25, -0.2) is 9.67 Å². The van der Waals surface area contributed by atoms with Crippen LogP contribution in [-0.2, 0) is 6.54 Å². The minimum absolute atomic E-state index is 0.170. The Morgan fingerprint density at radius 3 is 2.77 bits per heavy atom. The molecule has 1 atom stereocenters. The minimum atomic E-state index is -0.274. The monoisotopic (exact) mass is 418 g/mol. The van der Waals surface area contributed by atoms with Gasteiger partial charge in [0.25, 0.3) is 5.91 Å². The van der Waals surface area contributed by atoms with Crippen molar-refractivity contribution in [3.05, 3.63) is 72.5 Å². The van der Waals surface area contributed by atoms with Crippen molar-refractivity contribution >= 4 is 5.91 Å². The number of rotatable bonds is 5. The van der Waals surface area contributed by atoms with Crippen LogP contribution in [0.25, 0.3) is 11.5 Å². The zero-order valence-corrected chi connectivity index (χ0v) is 16.9. The van der Waals surface area contributed by atoms with E-state index >= 15 is 0 Å². The van der Waals surface area contributed by atoms with Crippen molar-refractivity contribution in [3.63, 3.8) is 0 Å². The molecule has 1 aliphatic heterocycles. The Hall–Kier alpha value is -3.75. The van der Waals surface area contributed by atoms with Crippen LogP contribution in [0.3, 0.4) is 0 Å². The summed E-state index contributed by atoms with van der Waals surface area (Å²) in [6.07, 6.45) is 6.81. The van der Waals surface area contributed by atoms with Gasteiger partial charge in [0, 0.05) is 12.1 Å². The molecule has 0 spiro atoms. The second-order valence-electron chi connectivity index (χ2n) is 7.53.